The van der Waals surface area contributed by atoms with E-state index >= 15 is 0 Å². The highest BCUT2D eigenvalue weighted by molar-refractivity contribution is 5.79. The van der Waals surface area contributed by atoms with E-state index in [0.717, 1.165) is 35.4 Å². The number of benzene rings is 2. The number of carbonyl (C=O) groups is 1. The van der Waals surface area contributed by atoms with Gasteiger partial charge in [0.05, 0.1) is 23.6 Å². The Labute approximate surface area is 173 Å². The molecule has 2 aromatic carbocycles. The summed E-state index contributed by atoms with van der Waals surface area (Å²) in [6.07, 6.45) is 1.69. The molecule has 29 heavy (non-hydrogen) atoms. The maximum Gasteiger partial charge on any atom is 0.223 e. The summed E-state index contributed by atoms with van der Waals surface area (Å²) in [5.41, 5.74) is 3.16. The molecule has 1 aromatic heterocycles. The van der Waals surface area contributed by atoms with Crippen molar-refractivity contribution in [3.8, 4) is 5.75 Å². The number of fused-ring (bicyclic) bond motifs is 1. The van der Waals surface area contributed by atoms with Crippen LogP contribution in [0, 0.1) is 12.8 Å². The predicted octanol–water partition coefficient (Wildman–Crippen LogP) is 5.04. The van der Waals surface area contributed by atoms with Gasteiger partial charge >= 0.3 is 0 Å². The molecule has 0 aliphatic heterocycles. The lowest BCUT2D eigenvalue weighted by Gasteiger charge is -2.19. The summed E-state index contributed by atoms with van der Waals surface area (Å²) in [4.78, 5) is 17.4. The van der Waals surface area contributed by atoms with Crippen molar-refractivity contribution in [1.82, 2.24) is 14.9 Å². The number of para-hydroxylation sites is 2. The fourth-order valence-corrected chi connectivity index (χ4v) is 3.67. The minimum Gasteiger partial charge on any atom is -0.492 e. The highest BCUT2D eigenvalue weighted by Crippen LogP contribution is 2.22. The molecule has 0 radical (unpaired) electrons. The van der Waals surface area contributed by atoms with Gasteiger partial charge in [-0.3, -0.25) is 4.79 Å². The molecular weight excluding hydrogens is 362 g/mol. The van der Waals surface area contributed by atoms with E-state index in [1.54, 1.807) is 0 Å². The highest BCUT2D eigenvalue weighted by Gasteiger charge is 2.21. The first-order chi connectivity index (χ1) is 14.0. The van der Waals surface area contributed by atoms with Gasteiger partial charge in [0.1, 0.15) is 18.2 Å². The number of amides is 1. The lowest BCUT2D eigenvalue weighted by atomic mass is 10.0. The van der Waals surface area contributed by atoms with Gasteiger partial charge in [0.15, 0.2) is 0 Å². The van der Waals surface area contributed by atoms with E-state index in [-0.39, 0.29) is 17.9 Å². The molecule has 0 saturated carbocycles. The van der Waals surface area contributed by atoms with Gasteiger partial charge in [-0.1, -0.05) is 38.1 Å². The van der Waals surface area contributed by atoms with E-state index < -0.39 is 0 Å². The smallest absolute Gasteiger partial charge is 0.223 e. The molecule has 5 nitrogen and oxygen atoms in total. The van der Waals surface area contributed by atoms with Gasteiger partial charge in [0.25, 0.3) is 0 Å². The van der Waals surface area contributed by atoms with Crippen molar-refractivity contribution in [2.75, 3.05) is 6.61 Å². The van der Waals surface area contributed by atoms with Gasteiger partial charge < -0.3 is 14.6 Å². The van der Waals surface area contributed by atoms with Crippen molar-refractivity contribution in [3.63, 3.8) is 0 Å². The van der Waals surface area contributed by atoms with Crippen molar-refractivity contribution in [2.45, 2.75) is 53.1 Å². The third kappa shape index (κ3) is 4.97. The van der Waals surface area contributed by atoms with E-state index in [4.69, 9.17) is 9.72 Å². The normalized spacial score (nSPS) is 12.3. The van der Waals surface area contributed by atoms with Crippen molar-refractivity contribution >= 4 is 16.9 Å². The molecule has 0 fully saturated rings. The van der Waals surface area contributed by atoms with Crippen LogP contribution in [0.15, 0.2) is 48.5 Å². The first-order valence-electron chi connectivity index (χ1n) is 10.5. The lowest BCUT2D eigenvalue weighted by Crippen LogP contribution is -2.33. The standard InChI is InChI=1S/C24H31N3O2/c1-5-19(6-2)24(28)25-18(4)23-26-21-12-7-8-13-22(21)27(23)14-15-29-20-11-9-10-17(3)16-20/h7-13,16,18-19H,5-6,14-15H2,1-4H3,(H,25,28). The summed E-state index contributed by atoms with van der Waals surface area (Å²) in [6, 6.07) is 16.0. The summed E-state index contributed by atoms with van der Waals surface area (Å²) in [7, 11) is 0. The van der Waals surface area contributed by atoms with Gasteiger partial charge in [-0.2, -0.15) is 0 Å². The predicted molar refractivity (Wildman–Crippen MR) is 117 cm³/mol. The van der Waals surface area contributed by atoms with E-state index in [1.165, 1.54) is 5.56 Å². The number of hydrogen-bond donors (Lipinski definition) is 1. The fourth-order valence-electron chi connectivity index (χ4n) is 3.67. The molecule has 3 aromatic rings. The zero-order chi connectivity index (χ0) is 20.8. The third-order valence-corrected chi connectivity index (χ3v) is 5.36. The topological polar surface area (TPSA) is 56.2 Å². The van der Waals surface area contributed by atoms with Gasteiger partial charge in [0, 0.05) is 5.92 Å². The number of nitrogens with one attached hydrogen (secondary N) is 1. The Morgan fingerprint density at radius 3 is 2.62 bits per heavy atom. The Morgan fingerprint density at radius 1 is 1.14 bits per heavy atom. The molecule has 0 spiro atoms. The number of imidazole rings is 1. The van der Waals surface area contributed by atoms with E-state index in [2.05, 4.69) is 42.8 Å². The highest BCUT2D eigenvalue weighted by atomic mass is 16.5. The number of hydrogen-bond acceptors (Lipinski definition) is 3. The molecule has 1 amide bonds. The maximum atomic E-state index is 12.6. The first kappa shape index (κ1) is 20.9. The first-order valence-corrected chi connectivity index (χ1v) is 10.5. The lowest BCUT2D eigenvalue weighted by molar-refractivity contribution is -0.125. The Hall–Kier alpha value is -2.82. The van der Waals surface area contributed by atoms with Crippen LogP contribution in [-0.4, -0.2) is 22.1 Å². The molecule has 1 atom stereocenters. The van der Waals surface area contributed by atoms with Gasteiger partial charge in [-0.05, 0) is 56.5 Å². The number of nitrogens with zero attached hydrogens (tertiary/aromatic N) is 2. The summed E-state index contributed by atoms with van der Waals surface area (Å²) in [5, 5.41) is 3.15. The van der Waals surface area contributed by atoms with Crippen LogP contribution in [0.25, 0.3) is 11.0 Å². The molecule has 0 saturated heterocycles. The molecule has 3 rings (SSSR count). The summed E-state index contributed by atoms with van der Waals surface area (Å²) >= 11 is 0. The number of rotatable bonds is 9. The average Bonchev–Trinajstić information content (AvgIpc) is 3.08. The molecule has 5 heteroatoms. The van der Waals surface area contributed by atoms with E-state index in [1.807, 2.05) is 43.3 Å². The molecule has 154 valence electrons. The summed E-state index contributed by atoms with van der Waals surface area (Å²) in [5.74, 6) is 1.86. The minimum atomic E-state index is -0.172. The van der Waals surface area contributed by atoms with Crippen LogP contribution >= 0.6 is 0 Å². The van der Waals surface area contributed by atoms with Crippen LogP contribution in [0.3, 0.4) is 0 Å². The Morgan fingerprint density at radius 2 is 1.90 bits per heavy atom. The van der Waals surface area contributed by atoms with E-state index in [9.17, 15) is 4.79 Å². The summed E-state index contributed by atoms with van der Waals surface area (Å²) in [6.45, 7) is 9.35. The van der Waals surface area contributed by atoms with Crippen LogP contribution in [-0.2, 0) is 11.3 Å². The van der Waals surface area contributed by atoms with Gasteiger partial charge in [0.2, 0.25) is 5.91 Å². The zero-order valence-electron chi connectivity index (χ0n) is 17.8. The second-order valence-electron chi connectivity index (χ2n) is 7.52. The largest absolute Gasteiger partial charge is 0.492 e. The van der Waals surface area contributed by atoms with Crippen molar-refractivity contribution < 1.29 is 9.53 Å². The number of ether oxygens (including phenoxy) is 1. The summed E-state index contributed by atoms with van der Waals surface area (Å²) < 4.78 is 8.12. The van der Waals surface area contributed by atoms with Crippen LogP contribution in [0.4, 0.5) is 0 Å². The SMILES string of the molecule is CCC(CC)C(=O)NC(C)c1nc2ccccc2n1CCOc1cccc(C)c1. The van der Waals surface area contributed by atoms with Crippen LogP contribution in [0.1, 0.15) is 51.0 Å². The Bertz CT molecular complexity index is 960. The number of aryl methyl sites for hydroxylation is 1. The van der Waals surface area contributed by atoms with Gasteiger partial charge in [-0.25, -0.2) is 4.98 Å². The van der Waals surface area contributed by atoms with Gasteiger partial charge in [-0.15, -0.1) is 0 Å². The van der Waals surface area contributed by atoms with Crippen molar-refractivity contribution in [2.24, 2.45) is 5.92 Å². The monoisotopic (exact) mass is 393 g/mol. The second kappa shape index (κ2) is 9.59. The van der Waals surface area contributed by atoms with Crippen molar-refractivity contribution in [1.29, 1.82) is 0 Å². The average molecular weight is 394 g/mol. The number of carbonyl (C=O) groups excluding carboxylic acids is 1. The molecule has 0 bridgehead atoms. The van der Waals surface area contributed by atoms with Crippen LogP contribution in [0.2, 0.25) is 0 Å². The van der Waals surface area contributed by atoms with Crippen LogP contribution < -0.4 is 10.1 Å². The minimum absolute atomic E-state index is 0.0416. The quantitative estimate of drug-likeness (QED) is 0.554. The molecule has 0 aliphatic carbocycles. The molecule has 0 aliphatic rings. The third-order valence-electron chi connectivity index (χ3n) is 5.36. The molecular formula is C24H31N3O2. The second-order valence-corrected chi connectivity index (χ2v) is 7.52. The fraction of sp³-hybridized carbons (Fsp3) is 0.417. The Kier molecular flexibility index (Phi) is 6.91. The van der Waals surface area contributed by atoms with Crippen LogP contribution in [0.5, 0.6) is 5.75 Å². The molecule has 1 heterocycles. The van der Waals surface area contributed by atoms with E-state index in [0.29, 0.717) is 13.2 Å². The zero-order valence-corrected chi connectivity index (χ0v) is 17.8. The Balaban J connectivity index is 1.79. The molecule has 1 N–H and O–H groups in total. The molecule has 1 unspecified atom stereocenters. The van der Waals surface area contributed by atoms with Crippen molar-refractivity contribution in [3.05, 3.63) is 59.9 Å². The number of aromatic nitrogens is 2. The maximum absolute atomic E-state index is 12.6.